The van der Waals surface area contributed by atoms with Gasteiger partial charge in [0.25, 0.3) is 0 Å². The highest BCUT2D eigenvalue weighted by atomic mass is 16.1. The van der Waals surface area contributed by atoms with Gasteiger partial charge in [-0.1, -0.05) is 12.1 Å². The Morgan fingerprint density at radius 3 is 1.12 bits per heavy atom. The minimum absolute atomic E-state index is 0.0160. The van der Waals surface area contributed by atoms with Crippen molar-refractivity contribution in [1.82, 2.24) is 19.9 Å². The van der Waals surface area contributed by atoms with Gasteiger partial charge in [0.1, 0.15) is 11.4 Å². The average Bonchev–Trinajstić information content (AvgIpc) is 3.12. The number of benzene rings is 2. The molecular weight excluding hydrogens is 644 g/mol. The molecule has 0 radical (unpaired) electrons. The molecule has 13 nitrogen and oxygen atoms in total. The number of ketones is 3. The second-order valence-electron chi connectivity index (χ2n) is 11.3. The van der Waals surface area contributed by atoms with Crippen LogP contribution in [-0.2, 0) is 19.3 Å². The number of carbonyl (C=O) groups is 3. The molecular formula is C38H38N10O3. The van der Waals surface area contributed by atoms with Crippen LogP contribution in [0.5, 0.6) is 0 Å². The van der Waals surface area contributed by atoms with Gasteiger partial charge in [-0.3, -0.25) is 34.3 Å². The Morgan fingerprint density at radius 2 is 0.725 bits per heavy atom. The molecule has 0 fully saturated rings. The maximum atomic E-state index is 11.9. The van der Waals surface area contributed by atoms with Crippen molar-refractivity contribution in [2.75, 3.05) is 34.4 Å². The number of nitrogens with zero attached hydrogens (tertiary/aromatic N) is 4. The molecule has 12 N–H and O–H groups in total. The zero-order chi connectivity index (χ0) is 36.8. The van der Waals surface area contributed by atoms with E-state index in [1.807, 2.05) is 12.1 Å². The number of Topliss-reactive ketones (excluding diaryl/α,β-unsaturated/α-hetero) is 3. The van der Waals surface area contributed by atoms with Gasteiger partial charge in [0, 0.05) is 34.7 Å². The van der Waals surface area contributed by atoms with Crippen LogP contribution in [0.2, 0.25) is 0 Å². The van der Waals surface area contributed by atoms with Gasteiger partial charge in [0.05, 0.1) is 60.4 Å². The third kappa shape index (κ3) is 12.1. The van der Waals surface area contributed by atoms with Gasteiger partial charge in [-0.2, -0.15) is 0 Å². The number of anilines is 6. The zero-order valence-corrected chi connectivity index (χ0v) is 27.6. The van der Waals surface area contributed by atoms with Gasteiger partial charge < -0.3 is 34.4 Å². The molecule has 6 rings (SSSR count). The highest BCUT2D eigenvalue weighted by Gasteiger charge is 2.10. The molecule has 6 aromatic rings. The minimum Gasteiger partial charge on any atom is -0.399 e. The summed E-state index contributed by atoms with van der Waals surface area (Å²) < 4.78 is 0. The molecule has 0 saturated carbocycles. The van der Waals surface area contributed by atoms with E-state index in [-0.39, 0.29) is 30.2 Å². The molecule has 0 spiro atoms. The fourth-order valence-corrected chi connectivity index (χ4v) is 4.32. The lowest BCUT2D eigenvalue weighted by Gasteiger charge is -2.02. The van der Waals surface area contributed by atoms with Crippen LogP contribution in [0.4, 0.5) is 34.1 Å². The maximum absolute atomic E-state index is 11.9. The number of hydrogen-bond acceptors (Lipinski definition) is 13. The number of aromatic nitrogens is 4. The predicted molar refractivity (Wildman–Crippen MR) is 200 cm³/mol. The highest BCUT2D eigenvalue weighted by molar-refractivity contribution is 5.98. The van der Waals surface area contributed by atoms with Crippen molar-refractivity contribution in [3.05, 3.63) is 156 Å². The third-order valence-corrected chi connectivity index (χ3v) is 7.10. The monoisotopic (exact) mass is 682 g/mol. The van der Waals surface area contributed by atoms with E-state index in [1.165, 1.54) is 18.6 Å². The van der Waals surface area contributed by atoms with E-state index in [1.54, 1.807) is 91.1 Å². The van der Waals surface area contributed by atoms with Crippen LogP contribution in [0.1, 0.15) is 48.3 Å². The molecule has 0 amide bonds. The lowest BCUT2D eigenvalue weighted by molar-refractivity contribution is 0.0979. The fourth-order valence-electron chi connectivity index (χ4n) is 4.32. The Kier molecular flexibility index (Phi) is 12.8. The molecule has 4 aromatic heterocycles. The number of nitrogen functional groups attached to an aromatic ring is 6. The minimum atomic E-state index is -0.0951. The molecule has 0 aliphatic carbocycles. The Bertz CT molecular complexity index is 1790. The third-order valence-electron chi connectivity index (χ3n) is 7.10. The quantitative estimate of drug-likeness (QED) is 0.0913. The van der Waals surface area contributed by atoms with Crippen LogP contribution in [0.15, 0.2) is 122 Å². The zero-order valence-electron chi connectivity index (χ0n) is 27.6. The summed E-state index contributed by atoms with van der Waals surface area (Å²) in [5.74, 6) is -0.112. The molecule has 0 bridgehead atoms. The van der Waals surface area contributed by atoms with E-state index in [9.17, 15) is 14.4 Å². The van der Waals surface area contributed by atoms with Crippen molar-refractivity contribution in [3.63, 3.8) is 0 Å². The average molecular weight is 683 g/mol. The number of carbonyl (C=O) groups excluding carboxylic acids is 3. The van der Waals surface area contributed by atoms with Crippen LogP contribution >= 0.6 is 0 Å². The van der Waals surface area contributed by atoms with Crippen LogP contribution in [0, 0.1) is 0 Å². The van der Waals surface area contributed by atoms with Gasteiger partial charge >= 0.3 is 0 Å². The lowest BCUT2D eigenvalue weighted by atomic mass is 10.1. The van der Waals surface area contributed by atoms with Gasteiger partial charge in [0.2, 0.25) is 0 Å². The van der Waals surface area contributed by atoms with Gasteiger partial charge in [0.15, 0.2) is 17.3 Å². The molecule has 51 heavy (non-hydrogen) atoms. The van der Waals surface area contributed by atoms with Crippen LogP contribution in [-0.4, -0.2) is 37.3 Å². The smallest absolute Gasteiger partial charge is 0.187 e. The molecule has 0 unspecified atom stereocenters. The van der Waals surface area contributed by atoms with Crippen molar-refractivity contribution in [2.45, 2.75) is 19.3 Å². The van der Waals surface area contributed by atoms with Gasteiger partial charge in [-0.05, 0) is 90.5 Å². The van der Waals surface area contributed by atoms with Crippen LogP contribution < -0.4 is 34.4 Å². The maximum Gasteiger partial charge on any atom is 0.187 e. The first-order chi connectivity index (χ1) is 24.4. The number of nitrogens with two attached hydrogens (primary N) is 6. The summed E-state index contributed by atoms with van der Waals surface area (Å²) in [4.78, 5) is 51.7. The first-order valence-electron chi connectivity index (χ1n) is 15.6. The Morgan fingerprint density at radius 1 is 0.373 bits per heavy atom. The number of pyridine rings is 4. The first-order valence-corrected chi connectivity index (χ1v) is 15.6. The Hall–Kier alpha value is -7.15. The topological polar surface area (TPSA) is 259 Å². The predicted octanol–water partition coefficient (Wildman–Crippen LogP) is 4.41. The largest absolute Gasteiger partial charge is 0.399 e. The first kappa shape index (κ1) is 36.7. The second kappa shape index (κ2) is 17.8. The number of hydrogen-bond donors (Lipinski definition) is 6. The summed E-state index contributed by atoms with van der Waals surface area (Å²) >= 11 is 0. The van der Waals surface area contributed by atoms with Crippen molar-refractivity contribution in [1.29, 1.82) is 0 Å². The molecule has 0 saturated heterocycles. The van der Waals surface area contributed by atoms with E-state index < -0.39 is 0 Å². The molecule has 2 aromatic carbocycles. The molecule has 13 heteroatoms. The standard InChI is InChI=1S/2C13H13N3O.C12H12N4O/c14-10-3-1-9(2-4-10)13(17)7-12-6-5-11(15)8-16-12;14-10-3-1-9(2-4-10)7-13(17)12-6-5-11(15)8-16-12;13-8-1-3-10(15-6-8)5-12(17)11-4-2-9(14)7-16-11/h2*1-6,8H,7,14-15H2;1-4,6-7H,5,13-14H2. The second-order valence-corrected chi connectivity index (χ2v) is 11.3. The van der Waals surface area contributed by atoms with E-state index in [2.05, 4.69) is 19.9 Å². The van der Waals surface area contributed by atoms with Crippen LogP contribution in [0.25, 0.3) is 0 Å². The summed E-state index contributed by atoms with van der Waals surface area (Å²) in [7, 11) is 0. The highest BCUT2D eigenvalue weighted by Crippen LogP contribution is 2.12. The summed E-state index contributed by atoms with van der Waals surface area (Å²) in [5, 5.41) is 0. The van der Waals surface area contributed by atoms with E-state index in [4.69, 9.17) is 34.4 Å². The lowest BCUT2D eigenvalue weighted by Crippen LogP contribution is -2.07. The molecule has 4 heterocycles. The summed E-state index contributed by atoms with van der Waals surface area (Å²) in [5.41, 5.74) is 40.5. The SMILES string of the molecule is Nc1ccc(C(=O)Cc2ccc(N)cn2)cc1.Nc1ccc(CC(=O)c2ccc(N)cn2)cc1.Nc1ccc(CC(=O)c2ccc(N)cn2)nc1. The van der Waals surface area contributed by atoms with Crippen molar-refractivity contribution >= 4 is 51.5 Å². The summed E-state index contributed by atoms with van der Waals surface area (Å²) in [6.07, 6.45) is 6.81. The normalized spacial score (nSPS) is 10.1. The van der Waals surface area contributed by atoms with Gasteiger partial charge in [-0.25, -0.2) is 0 Å². The van der Waals surface area contributed by atoms with Crippen LogP contribution in [0.3, 0.4) is 0 Å². The Balaban J connectivity index is 0.000000172. The Labute approximate surface area is 294 Å². The molecule has 0 aliphatic heterocycles. The summed E-state index contributed by atoms with van der Waals surface area (Å²) in [6.45, 7) is 0. The van der Waals surface area contributed by atoms with Crippen molar-refractivity contribution in [2.24, 2.45) is 0 Å². The van der Waals surface area contributed by atoms with E-state index in [0.29, 0.717) is 68.9 Å². The fraction of sp³-hybridized carbons (Fsp3) is 0.0789. The molecule has 0 atom stereocenters. The van der Waals surface area contributed by atoms with E-state index >= 15 is 0 Å². The number of rotatable bonds is 9. The molecule has 0 aliphatic rings. The van der Waals surface area contributed by atoms with E-state index in [0.717, 1.165) is 5.56 Å². The van der Waals surface area contributed by atoms with Crippen molar-refractivity contribution in [3.8, 4) is 0 Å². The summed E-state index contributed by atoms with van der Waals surface area (Å²) in [6, 6.07) is 27.6. The molecule has 258 valence electrons. The van der Waals surface area contributed by atoms with Gasteiger partial charge in [-0.15, -0.1) is 0 Å². The van der Waals surface area contributed by atoms with Crippen molar-refractivity contribution < 1.29 is 14.4 Å².